The van der Waals surface area contributed by atoms with Crippen LogP contribution >= 0.6 is 11.8 Å². The zero-order valence-electron chi connectivity index (χ0n) is 15.2. The molecule has 1 aliphatic heterocycles. The monoisotopic (exact) mass is 350 g/mol. The smallest absolute Gasteiger partial charge is 0.302 e. The van der Waals surface area contributed by atoms with Gasteiger partial charge in [0, 0.05) is 13.3 Å². The molecule has 4 aliphatic rings. The van der Waals surface area contributed by atoms with E-state index in [0.29, 0.717) is 23.0 Å². The molecule has 0 spiro atoms. The van der Waals surface area contributed by atoms with Gasteiger partial charge >= 0.3 is 5.97 Å². The number of carbonyl (C=O) groups excluding carboxylic acids is 2. The Morgan fingerprint density at radius 1 is 1.17 bits per heavy atom. The number of carbonyl (C=O) groups is 2. The van der Waals surface area contributed by atoms with Crippen LogP contribution in [-0.2, 0) is 14.3 Å². The molecule has 0 aromatic carbocycles. The molecule has 24 heavy (non-hydrogen) atoms. The van der Waals surface area contributed by atoms with Crippen molar-refractivity contribution < 1.29 is 14.3 Å². The van der Waals surface area contributed by atoms with E-state index in [4.69, 9.17) is 4.74 Å². The highest BCUT2D eigenvalue weighted by Gasteiger charge is 2.60. The Morgan fingerprint density at radius 3 is 2.71 bits per heavy atom. The van der Waals surface area contributed by atoms with Gasteiger partial charge in [0.25, 0.3) is 0 Å². The van der Waals surface area contributed by atoms with Crippen molar-refractivity contribution in [2.75, 3.05) is 5.75 Å². The molecular formula is C20H30O3S. The maximum Gasteiger partial charge on any atom is 0.302 e. The molecule has 4 rings (SSSR count). The average Bonchev–Trinajstić information content (AvgIpc) is 2.83. The van der Waals surface area contributed by atoms with Crippen molar-refractivity contribution in [2.45, 2.75) is 76.6 Å². The zero-order valence-corrected chi connectivity index (χ0v) is 16.0. The summed E-state index contributed by atoms with van der Waals surface area (Å²) in [7, 11) is 0. The maximum absolute atomic E-state index is 12.4. The van der Waals surface area contributed by atoms with Gasteiger partial charge in [0.1, 0.15) is 11.9 Å². The largest absolute Gasteiger partial charge is 0.463 e. The lowest BCUT2D eigenvalue weighted by Crippen LogP contribution is -2.56. The Labute approximate surface area is 149 Å². The molecular weight excluding hydrogens is 320 g/mol. The van der Waals surface area contributed by atoms with Gasteiger partial charge in [-0.05, 0) is 80.3 Å². The number of ketones is 1. The van der Waals surface area contributed by atoms with Crippen LogP contribution in [0.3, 0.4) is 0 Å². The van der Waals surface area contributed by atoms with Crippen molar-refractivity contribution in [3.63, 3.8) is 0 Å². The van der Waals surface area contributed by atoms with Crippen molar-refractivity contribution in [1.82, 2.24) is 0 Å². The van der Waals surface area contributed by atoms with Gasteiger partial charge in [-0.25, -0.2) is 0 Å². The summed E-state index contributed by atoms with van der Waals surface area (Å²) < 4.78 is 5.43. The van der Waals surface area contributed by atoms with E-state index in [2.05, 4.69) is 13.8 Å². The Morgan fingerprint density at radius 2 is 1.96 bits per heavy atom. The van der Waals surface area contributed by atoms with E-state index in [1.54, 1.807) is 0 Å². The molecule has 3 aliphatic carbocycles. The van der Waals surface area contributed by atoms with Crippen LogP contribution in [0.25, 0.3) is 0 Å². The van der Waals surface area contributed by atoms with Gasteiger partial charge in [-0.2, -0.15) is 0 Å². The highest BCUT2D eigenvalue weighted by atomic mass is 32.2. The second-order valence-electron chi connectivity index (χ2n) is 9.04. The van der Waals surface area contributed by atoms with Crippen molar-refractivity contribution in [3.8, 4) is 0 Å². The first-order valence-electron chi connectivity index (χ1n) is 9.69. The first-order valence-corrected chi connectivity index (χ1v) is 10.7. The van der Waals surface area contributed by atoms with Crippen molar-refractivity contribution in [1.29, 1.82) is 0 Å². The maximum atomic E-state index is 12.4. The number of fused-ring (bicyclic) bond motifs is 5. The van der Waals surface area contributed by atoms with E-state index in [-0.39, 0.29) is 16.8 Å². The molecule has 134 valence electrons. The zero-order chi connectivity index (χ0) is 17.1. The van der Waals surface area contributed by atoms with Gasteiger partial charge in [0.15, 0.2) is 0 Å². The third-order valence-corrected chi connectivity index (χ3v) is 9.71. The SMILES string of the molecule is CC(=O)O[C@@H]1CC[C@]2(C)C3CS[C@]4(C)C(=O)CC[C@H]4[C@@H]3CC[C@@H]2C1. The van der Waals surface area contributed by atoms with Crippen molar-refractivity contribution in [2.24, 2.45) is 29.1 Å². The van der Waals surface area contributed by atoms with Crippen LogP contribution in [0, 0.1) is 29.1 Å². The lowest BCUT2D eigenvalue weighted by molar-refractivity contribution is -0.154. The topological polar surface area (TPSA) is 43.4 Å². The molecule has 3 saturated carbocycles. The molecule has 0 bridgehead atoms. The second-order valence-corrected chi connectivity index (χ2v) is 10.5. The number of thioether (sulfide) groups is 1. The summed E-state index contributed by atoms with van der Waals surface area (Å²) in [5.41, 5.74) is 0.375. The molecule has 0 aromatic heterocycles. The third-order valence-electron chi connectivity index (χ3n) is 8.05. The number of Topliss-reactive ketones (excluding diaryl/α,β-unsaturated/α-hetero) is 1. The summed E-state index contributed by atoms with van der Waals surface area (Å²) in [5, 5.41) is 0. The predicted octanol–water partition coefficient (Wildman–Crippen LogP) is 4.24. The van der Waals surface area contributed by atoms with Crippen molar-refractivity contribution in [3.05, 3.63) is 0 Å². The standard InChI is InChI=1S/C20H30O3S/c1-12(21)23-14-8-9-19(2)13(10-14)4-5-15-16-6-7-18(22)20(16,3)24-11-17(15)19/h13-17H,4-11H2,1-3H3/t13-,14-,15+,16+,17?,19+,20+/m1/s1. The fourth-order valence-electron chi connectivity index (χ4n) is 6.63. The number of hydrogen-bond acceptors (Lipinski definition) is 4. The summed E-state index contributed by atoms with van der Waals surface area (Å²) in [4.78, 5) is 23.8. The van der Waals surface area contributed by atoms with Gasteiger partial charge in [0.05, 0.1) is 4.75 Å². The average molecular weight is 351 g/mol. The molecule has 3 nitrogen and oxygen atoms in total. The van der Waals surface area contributed by atoms with E-state index in [1.165, 1.54) is 26.2 Å². The summed E-state index contributed by atoms with van der Waals surface area (Å²) in [5.74, 6) is 4.26. The van der Waals surface area contributed by atoms with E-state index in [0.717, 1.165) is 43.3 Å². The highest BCUT2D eigenvalue weighted by Crippen LogP contribution is 2.64. The van der Waals surface area contributed by atoms with Gasteiger partial charge in [-0.15, -0.1) is 11.8 Å². The molecule has 1 heterocycles. The third kappa shape index (κ3) is 2.39. The van der Waals surface area contributed by atoms with Gasteiger partial charge in [-0.1, -0.05) is 6.92 Å². The molecule has 0 amide bonds. The minimum absolute atomic E-state index is 0.0979. The fraction of sp³-hybridized carbons (Fsp3) is 0.900. The summed E-state index contributed by atoms with van der Waals surface area (Å²) in [6.45, 7) is 6.25. The summed E-state index contributed by atoms with van der Waals surface area (Å²) in [6.07, 6.45) is 7.80. The minimum Gasteiger partial charge on any atom is -0.463 e. The lowest BCUT2D eigenvalue weighted by Gasteiger charge is -2.59. The second kappa shape index (κ2) is 5.75. The van der Waals surface area contributed by atoms with E-state index in [1.807, 2.05) is 11.8 Å². The molecule has 4 heteroatoms. The van der Waals surface area contributed by atoms with Crippen LogP contribution in [-0.4, -0.2) is 28.4 Å². The molecule has 7 atom stereocenters. The molecule has 0 N–H and O–H groups in total. The highest BCUT2D eigenvalue weighted by molar-refractivity contribution is 8.01. The van der Waals surface area contributed by atoms with Crippen LogP contribution in [0.15, 0.2) is 0 Å². The molecule has 1 saturated heterocycles. The fourth-order valence-corrected chi connectivity index (χ4v) is 8.55. The van der Waals surface area contributed by atoms with E-state index < -0.39 is 0 Å². The first-order chi connectivity index (χ1) is 11.3. The lowest BCUT2D eigenvalue weighted by atomic mass is 9.50. The number of hydrogen-bond donors (Lipinski definition) is 0. The molecule has 4 fully saturated rings. The summed E-state index contributed by atoms with van der Waals surface area (Å²) in [6, 6.07) is 0. The van der Waals surface area contributed by atoms with Crippen LogP contribution in [0.1, 0.15) is 65.7 Å². The van der Waals surface area contributed by atoms with Crippen LogP contribution < -0.4 is 0 Å². The van der Waals surface area contributed by atoms with Crippen molar-refractivity contribution >= 4 is 23.5 Å². The summed E-state index contributed by atoms with van der Waals surface area (Å²) >= 11 is 1.96. The van der Waals surface area contributed by atoms with E-state index >= 15 is 0 Å². The van der Waals surface area contributed by atoms with Gasteiger partial charge < -0.3 is 4.74 Å². The van der Waals surface area contributed by atoms with Crippen LogP contribution in [0.4, 0.5) is 0 Å². The number of ether oxygens (including phenoxy) is 1. The molecule has 0 aromatic rings. The van der Waals surface area contributed by atoms with Gasteiger partial charge in [-0.3, -0.25) is 9.59 Å². The molecule has 1 unspecified atom stereocenters. The van der Waals surface area contributed by atoms with E-state index in [9.17, 15) is 9.59 Å². The first kappa shape index (κ1) is 16.9. The minimum atomic E-state index is -0.134. The Balaban J connectivity index is 1.54. The van der Waals surface area contributed by atoms with Crippen LogP contribution in [0.5, 0.6) is 0 Å². The van der Waals surface area contributed by atoms with Gasteiger partial charge in [0.2, 0.25) is 0 Å². The Bertz CT molecular complexity index is 561. The predicted molar refractivity (Wildman–Crippen MR) is 95.8 cm³/mol. The normalized spacial score (nSPS) is 50.6. The number of rotatable bonds is 1. The number of esters is 1. The Hall–Kier alpha value is -0.510. The Kier molecular flexibility index (Phi) is 4.06. The quantitative estimate of drug-likeness (QED) is 0.664. The molecule has 0 radical (unpaired) electrons. The van der Waals surface area contributed by atoms with Crippen LogP contribution in [0.2, 0.25) is 0 Å².